The molecule has 0 aliphatic carbocycles. The number of carbonyl (C=O) groups excluding carboxylic acids is 1. The Morgan fingerprint density at radius 1 is 0.875 bits per heavy atom. The number of amides is 1. The predicted octanol–water partition coefficient (Wildman–Crippen LogP) is 5.13. The van der Waals surface area contributed by atoms with Crippen LogP contribution in [0.15, 0.2) is 83.3 Å². The Kier molecular flexibility index (Phi) is 5.29. The maximum Gasteiger partial charge on any atom is 0.262 e. The summed E-state index contributed by atoms with van der Waals surface area (Å²) in [6.07, 6.45) is 0. The number of halogens is 1. The van der Waals surface area contributed by atoms with Crippen LogP contribution >= 0.6 is 15.9 Å². The lowest BCUT2D eigenvalue weighted by Gasteiger charge is -2.10. The number of nitrogens with one attached hydrogen (secondary N) is 1. The number of ether oxygens (including phenoxy) is 1. The van der Waals surface area contributed by atoms with Gasteiger partial charge in [0.25, 0.3) is 5.91 Å². The fraction of sp³-hybridized carbons (Fsp3) is 0.0500. The van der Waals surface area contributed by atoms with E-state index in [2.05, 4.69) is 33.4 Å². The van der Waals surface area contributed by atoms with E-state index in [1.165, 1.54) is 0 Å². The molecule has 0 aliphatic heterocycles. The largest absolute Gasteiger partial charge is 0.483 e. The van der Waals surface area contributed by atoms with E-state index in [0.717, 1.165) is 21.3 Å². The van der Waals surface area contributed by atoms with E-state index in [-0.39, 0.29) is 12.5 Å². The van der Waals surface area contributed by atoms with Gasteiger partial charge >= 0.3 is 0 Å². The van der Waals surface area contributed by atoms with E-state index >= 15 is 0 Å². The molecular weight excluding hydrogens is 366 g/mol. The summed E-state index contributed by atoms with van der Waals surface area (Å²) in [6.45, 7) is -0.0435. The van der Waals surface area contributed by atoms with Crippen molar-refractivity contribution in [1.29, 1.82) is 0 Å². The van der Waals surface area contributed by atoms with Crippen molar-refractivity contribution in [3.8, 4) is 16.9 Å². The molecule has 0 atom stereocenters. The molecule has 0 fully saturated rings. The second kappa shape index (κ2) is 7.79. The van der Waals surface area contributed by atoms with Crippen molar-refractivity contribution in [2.45, 2.75) is 0 Å². The van der Waals surface area contributed by atoms with Crippen LogP contribution in [0.3, 0.4) is 0 Å². The minimum atomic E-state index is -0.194. The number of benzene rings is 3. The predicted molar refractivity (Wildman–Crippen MR) is 100 cm³/mol. The molecule has 3 rings (SSSR count). The van der Waals surface area contributed by atoms with Crippen LogP contribution in [0.2, 0.25) is 0 Å². The van der Waals surface area contributed by atoms with Crippen molar-refractivity contribution >= 4 is 27.5 Å². The first-order valence-electron chi connectivity index (χ1n) is 7.55. The number of hydrogen-bond acceptors (Lipinski definition) is 2. The Morgan fingerprint density at radius 3 is 2.21 bits per heavy atom. The fourth-order valence-electron chi connectivity index (χ4n) is 2.29. The average molecular weight is 382 g/mol. The quantitative estimate of drug-likeness (QED) is 0.664. The molecule has 1 amide bonds. The Labute approximate surface area is 149 Å². The van der Waals surface area contributed by atoms with Crippen molar-refractivity contribution < 1.29 is 9.53 Å². The minimum Gasteiger partial charge on any atom is -0.483 e. The van der Waals surface area contributed by atoms with Crippen molar-refractivity contribution in [2.75, 3.05) is 11.9 Å². The Morgan fingerprint density at radius 2 is 1.54 bits per heavy atom. The third-order valence-electron chi connectivity index (χ3n) is 3.46. The van der Waals surface area contributed by atoms with Crippen molar-refractivity contribution in [2.24, 2.45) is 0 Å². The monoisotopic (exact) mass is 381 g/mol. The molecular formula is C20H16BrNO2. The molecule has 0 heterocycles. The van der Waals surface area contributed by atoms with E-state index in [1.807, 2.05) is 66.7 Å². The van der Waals surface area contributed by atoms with E-state index < -0.39 is 0 Å². The van der Waals surface area contributed by atoms with Gasteiger partial charge in [0.1, 0.15) is 5.75 Å². The summed E-state index contributed by atoms with van der Waals surface area (Å²) in [5.74, 6) is 0.443. The molecule has 0 saturated carbocycles. The summed E-state index contributed by atoms with van der Waals surface area (Å²) in [5, 5.41) is 2.79. The van der Waals surface area contributed by atoms with E-state index in [0.29, 0.717) is 5.75 Å². The van der Waals surface area contributed by atoms with Crippen LogP contribution in [0.4, 0.5) is 5.69 Å². The molecule has 0 spiro atoms. The van der Waals surface area contributed by atoms with Crippen molar-refractivity contribution in [1.82, 2.24) is 0 Å². The lowest BCUT2D eigenvalue weighted by molar-refractivity contribution is -0.118. The number of hydrogen-bond donors (Lipinski definition) is 1. The highest BCUT2D eigenvalue weighted by molar-refractivity contribution is 9.10. The zero-order valence-corrected chi connectivity index (χ0v) is 14.5. The van der Waals surface area contributed by atoms with Gasteiger partial charge in [-0.15, -0.1) is 0 Å². The molecule has 24 heavy (non-hydrogen) atoms. The highest BCUT2D eigenvalue weighted by Gasteiger charge is 2.07. The Hall–Kier alpha value is -2.59. The SMILES string of the molecule is O=C(COc1ccc(-c2ccccc2)cc1Br)Nc1ccccc1. The van der Waals surface area contributed by atoms with Gasteiger partial charge in [-0.3, -0.25) is 4.79 Å². The molecule has 1 N–H and O–H groups in total. The highest BCUT2D eigenvalue weighted by atomic mass is 79.9. The van der Waals surface area contributed by atoms with Crippen LogP contribution < -0.4 is 10.1 Å². The first-order chi connectivity index (χ1) is 11.7. The zero-order valence-electron chi connectivity index (χ0n) is 12.9. The molecule has 3 aromatic carbocycles. The van der Waals surface area contributed by atoms with Crippen molar-refractivity contribution in [3.05, 3.63) is 83.3 Å². The van der Waals surface area contributed by atoms with Gasteiger partial charge in [-0.05, 0) is 51.3 Å². The van der Waals surface area contributed by atoms with Crippen molar-refractivity contribution in [3.63, 3.8) is 0 Å². The smallest absolute Gasteiger partial charge is 0.262 e. The lowest BCUT2D eigenvalue weighted by Crippen LogP contribution is -2.20. The molecule has 0 radical (unpaired) electrons. The number of carbonyl (C=O) groups is 1. The molecule has 0 saturated heterocycles. The molecule has 3 nitrogen and oxygen atoms in total. The van der Waals surface area contributed by atoms with Gasteiger partial charge in [0.05, 0.1) is 4.47 Å². The van der Waals surface area contributed by atoms with Gasteiger partial charge in [0.15, 0.2) is 6.61 Å². The maximum atomic E-state index is 11.9. The van der Waals surface area contributed by atoms with E-state index in [9.17, 15) is 4.79 Å². The van der Waals surface area contributed by atoms with Gasteiger partial charge in [-0.25, -0.2) is 0 Å². The summed E-state index contributed by atoms with van der Waals surface area (Å²) in [5.41, 5.74) is 2.97. The second-order valence-electron chi connectivity index (χ2n) is 5.21. The average Bonchev–Trinajstić information content (AvgIpc) is 2.62. The van der Waals surface area contributed by atoms with Crippen LogP contribution in [0, 0.1) is 0 Å². The van der Waals surface area contributed by atoms with Gasteiger partial charge < -0.3 is 10.1 Å². The van der Waals surface area contributed by atoms with Crippen LogP contribution in [0.1, 0.15) is 0 Å². The van der Waals surface area contributed by atoms with E-state index in [1.54, 1.807) is 0 Å². The summed E-state index contributed by atoms with van der Waals surface area (Å²) >= 11 is 3.50. The fourth-order valence-corrected chi connectivity index (χ4v) is 2.78. The second-order valence-corrected chi connectivity index (χ2v) is 6.07. The summed E-state index contributed by atoms with van der Waals surface area (Å²) < 4.78 is 6.42. The normalized spacial score (nSPS) is 10.2. The van der Waals surface area contributed by atoms with E-state index in [4.69, 9.17) is 4.74 Å². The summed E-state index contributed by atoms with van der Waals surface area (Å²) in [4.78, 5) is 11.9. The number of anilines is 1. The third kappa shape index (κ3) is 4.24. The van der Waals surface area contributed by atoms with Gasteiger partial charge in [-0.1, -0.05) is 54.6 Å². The first kappa shape index (κ1) is 16.3. The molecule has 0 aromatic heterocycles. The van der Waals surface area contributed by atoms with Crippen LogP contribution in [0.5, 0.6) is 5.75 Å². The van der Waals surface area contributed by atoms with Gasteiger partial charge in [0, 0.05) is 5.69 Å². The summed E-state index contributed by atoms with van der Waals surface area (Å²) in [7, 11) is 0. The molecule has 0 aliphatic rings. The van der Waals surface area contributed by atoms with Gasteiger partial charge in [0.2, 0.25) is 0 Å². The molecule has 0 bridgehead atoms. The first-order valence-corrected chi connectivity index (χ1v) is 8.34. The number of para-hydroxylation sites is 1. The summed E-state index contributed by atoms with van der Waals surface area (Å²) in [6, 6.07) is 25.2. The lowest BCUT2D eigenvalue weighted by atomic mass is 10.1. The maximum absolute atomic E-state index is 11.9. The van der Waals surface area contributed by atoms with Crippen LogP contribution in [-0.2, 0) is 4.79 Å². The molecule has 4 heteroatoms. The molecule has 0 unspecified atom stereocenters. The highest BCUT2D eigenvalue weighted by Crippen LogP contribution is 2.30. The van der Waals surface area contributed by atoms with Gasteiger partial charge in [-0.2, -0.15) is 0 Å². The zero-order chi connectivity index (χ0) is 16.8. The topological polar surface area (TPSA) is 38.3 Å². The standard InChI is InChI=1S/C20H16BrNO2/c21-18-13-16(15-7-3-1-4-8-15)11-12-19(18)24-14-20(23)22-17-9-5-2-6-10-17/h1-13H,14H2,(H,22,23). The van der Waals surface area contributed by atoms with Crippen LogP contribution in [-0.4, -0.2) is 12.5 Å². The Balaban J connectivity index is 1.62. The molecule has 3 aromatic rings. The number of rotatable bonds is 5. The Bertz CT molecular complexity index is 820. The third-order valence-corrected chi connectivity index (χ3v) is 4.08. The molecule has 120 valence electrons. The minimum absolute atomic E-state index is 0.0435. The van der Waals surface area contributed by atoms with Crippen LogP contribution in [0.25, 0.3) is 11.1 Å².